The van der Waals surface area contributed by atoms with Crippen LogP contribution < -0.4 is 10.5 Å². The van der Waals surface area contributed by atoms with Crippen molar-refractivity contribution in [2.24, 2.45) is 5.73 Å². The fourth-order valence-corrected chi connectivity index (χ4v) is 1.65. The van der Waals surface area contributed by atoms with Gasteiger partial charge in [0.05, 0.1) is 5.69 Å². The van der Waals surface area contributed by atoms with Crippen molar-refractivity contribution >= 4 is 5.84 Å². The van der Waals surface area contributed by atoms with Crippen LogP contribution in [0.4, 0.5) is 0 Å². The second-order valence-electron chi connectivity index (χ2n) is 4.61. The van der Waals surface area contributed by atoms with E-state index in [1.165, 1.54) is 0 Å². The Hall–Kier alpha value is -2.30. The van der Waals surface area contributed by atoms with Gasteiger partial charge in [-0.15, -0.1) is 0 Å². The second-order valence-corrected chi connectivity index (χ2v) is 4.61. The number of nitrogens with one attached hydrogen (secondary N) is 1. The number of hydrogen-bond acceptors (Lipinski definition) is 3. The molecule has 0 aliphatic carbocycles. The van der Waals surface area contributed by atoms with Gasteiger partial charge in [0.15, 0.2) is 0 Å². The molecule has 0 aliphatic rings. The molecule has 5 nitrogen and oxygen atoms in total. The average molecular weight is 258 g/mol. The number of ether oxygens (including phenoxy) is 1. The first-order valence-electron chi connectivity index (χ1n) is 6.17. The third-order valence-corrected chi connectivity index (χ3v) is 2.72. The number of aromatic nitrogens is 2. The summed E-state index contributed by atoms with van der Waals surface area (Å²) in [5, 5.41) is 11.8. The summed E-state index contributed by atoms with van der Waals surface area (Å²) in [6, 6.07) is 9.47. The van der Waals surface area contributed by atoms with Crippen LogP contribution in [0.25, 0.3) is 0 Å². The molecule has 2 aromatic rings. The van der Waals surface area contributed by atoms with Gasteiger partial charge >= 0.3 is 0 Å². The van der Waals surface area contributed by atoms with Crippen molar-refractivity contribution in [3.05, 3.63) is 47.8 Å². The van der Waals surface area contributed by atoms with Gasteiger partial charge in [0.2, 0.25) is 0 Å². The molecule has 0 radical (unpaired) electrons. The maximum absolute atomic E-state index is 7.39. The number of nitrogen functional groups attached to an aromatic ring is 1. The first-order valence-corrected chi connectivity index (χ1v) is 6.17. The molecule has 1 aromatic carbocycles. The Labute approximate surface area is 112 Å². The van der Waals surface area contributed by atoms with Gasteiger partial charge in [-0.3, -0.25) is 10.1 Å². The van der Waals surface area contributed by atoms with Gasteiger partial charge in [-0.2, -0.15) is 5.10 Å². The maximum atomic E-state index is 7.39. The van der Waals surface area contributed by atoms with Crippen molar-refractivity contribution in [3.8, 4) is 5.75 Å². The molecule has 0 atom stereocenters. The summed E-state index contributed by atoms with van der Waals surface area (Å²) in [7, 11) is 0. The minimum absolute atomic E-state index is 0.0366. The molecule has 0 unspecified atom stereocenters. The molecular formula is C14H18N4O. The molecule has 0 saturated carbocycles. The molecule has 0 saturated heterocycles. The summed E-state index contributed by atoms with van der Waals surface area (Å²) in [6.07, 6.45) is 1.94. The molecule has 5 heteroatoms. The quantitative estimate of drug-likeness (QED) is 0.638. The van der Waals surface area contributed by atoms with Crippen LogP contribution in [0.2, 0.25) is 0 Å². The molecule has 0 aliphatic heterocycles. The van der Waals surface area contributed by atoms with Crippen LogP contribution in [0.15, 0.2) is 36.5 Å². The number of nitrogens with zero attached hydrogens (tertiary/aromatic N) is 2. The molecule has 100 valence electrons. The number of rotatable bonds is 5. The highest BCUT2D eigenvalue weighted by molar-refractivity contribution is 5.95. The van der Waals surface area contributed by atoms with E-state index in [1.807, 2.05) is 29.1 Å². The van der Waals surface area contributed by atoms with Gasteiger partial charge in [-0.05, 0) is 32.0 Å². The van der Waals surface area contributed by atoms with E-state index in [0.29, 0.717) is 24.0 Å². The number of benzene rings is 1. The standard InChI is InChI=1S/C14H18N4O/c1-10(2)18-7-6-12(17-18)9-19-13-5-3-4-11(8-13)14(15)16/h3-8,10H,9H2,1-2H3,(H3,15,16). The van der Waals surface area contributed by atoms with Gasteiger partial charge in [0, 0.05) is 17.8 Å². The van der Waals surface area contributed by atoms with E-state index in [1.54, 1.807) is 12.1 Å². The maximum Gasteiger partial charge on any atom is 0.132 e. The van der Waals surface area contributed by atoms with Crippen molar-refractivity contribution < 1.29 is 4.74 Å². The number of hydrogen-bond donors (Lipinski definition) is 2. The Kier molecular flexibility index (Phi) is 3.85. The summed E-state index contributed by atoms with van der Waals surface area (Å²) in [5.74, 6) is 0.723. The van der Waals surface area contributed by atoms with E-state index in [2.05, 4.69) is 18.9 Å². The Balaban J connectivity index is 2.01. The molecule has 2 rings (SSSR count). The topological polar surface area (TPSA) is 76.9 Å². The zero-order chi connectivity index (χ0) is 13.8. The van der Waals surface area contributed by atoms with Crippen molar-refractivity contribution in [2.75, 3.05) is 0 Å². The van der Waals surface area contributed by atoms with E-state index >= 15 is 0 Å². The molecule has 3 N–H and O–H groups in total. The van der Waals surface area contributed by atoms with Crippen LogP contribution in [-0.4, -0.2) is 15.6 Å². The smallest absolute Gasteiger partial charge is 0.132 e. The van der Waals surface area contributed by atoms with E-state index in [-0.39, 0.29) is 5.84 Å². The molecule has 0 fully saturated rings. The molecule has 1 aromatic heterocycles. The summed E-state index contributed by atoms with van der Waals surface area (Å²) < 4.78 is 7.54. The van der Waals surface area contributed by atoms with Gasteiger partial charge < -0.3 is 10.5 Å². The third kappa shape index (κ3) is 3.34. The first-order chi connectivity index (χ1) is 9.06. The lowest BCUT2D eigenvalue weighted by Gasteiger charge is -2.07. The molecular weight excluding hydrogens is 240 g/mol. The van der Waals surface area contributed by atoms with Crippen molar-refractivity contribution in [3.63, 3.8) is 0 Å². The molecule has 1 heterocycles. The van der Waals surface area contributed by atoms with E-state index < -0.39 is 0 Å². The Morgan fingerprint density at radius 1 is 1.42 bits per heavy atom. The van der Waals surface area contributed by atoms with Crippen LogP contribution in [-0.2, 0) is 6.61 Å². The lowest BCUT2D eigenvalue weighted by molar-refractivity contribution is 0.298. The normalized spacial score (nSPS) is 10.7. The highest BCUT2D eigenvalue weighted by atomic mass is 16.5. The van der Waals surface area contributed by atoms with E-state index in [9.17, 15) is 0 Å². The lowest BCUT2D eigenvalue weighted by atomic mass is 10.2. The van der Waals surface area contributed by atoms with Crippen molar-refractivity contribution in [1.82, 2.24) is 9.78 Å². The molecule has 0 spiro atoms. The minimum atomic E-state index is 0.0366. The highest BCUT2D eigenvalue weighted by Crippen LogP contribution is 2.14. The van der Waals surface area contributed by atoms with Crippen LogP contribution in [0.1, 0.15) is 31.1 Å². The van der Waals surface area contributed by atoms with E-state index in [0.717, 1.165) is 5.69 Å². The lowest BCUT2D eigenvalue weighted by Crippen LogP contribution is -2.11. The fraction of sp³-hybridized carbons (Fsp3) is 0.286. The van der Waals surface area contributed by atoms with Gasteiger partial charge in [-0.1, -0.05) is 12.1 Å². The summed E-state index contributed by atoms with van der Waals surface area (Å²) >= 11 is 0. The number of amidine groups is 1. The van der Waals surface area contributed by atoms with Crippen LogP contribution >= 0.6 is 0 Å². The SMILES string of the molecule is CC(C)n1ccc(COc2cccc(C(=N)N)c2)n1. The predicted octanol–water partition coefficient (Wildman–Crippen LogP) is 2.33. The Bertz CT molecular complexity index is 574. The average Bonchev–Trinajstić information content (AvgIpc) is 2.85. The van der Waals surface area contributed by atoms with Crippen LogP contribution in [0.5, 0.6) is 5.75 Å². The Morgan fingerprint density at radius 2 is 2.21 bits per heavy atom. The summed E-state index contributed by atoms with van der Waals surface area (Å²) in [4.78, 5) is 0. The Morgan fingerprint density at radius 3 is 2.84 bits per heavy atom. The van der Waals surface area contributed by atoms with Gasteiger partial charge in [0.1, 0.15) is 18.2 Å². The second kappa shape index (κ2) is 5.56. The largest absolute Gasteiger partial charge is 0.487 e. The molecule has 0 amide bonds. The predicted molar refractivity (Wildman–Crippen MR) is 74.4 cm³/mol. The summed E-state index contributed by atoms with van der Waals surface area (Å²) in [6.45, 7) is 4.56. The monoisotopic (exact) mass is 258 g/mol. The van der Waals surface area contributed by atoms with Gasteiger partial charge in [0.25, 0.3) is 0 Å². The first kappa shape index (κ1) is 13.1. The highest BCUT2D eigenvalue weighted by Gasteiger charge is 2.04. The van der Waals surface area contributed by atoms with Gasteiger partial charge in [-0.25, -0.2) is 0 Å². The minimum Gasteiger partial charge on any atom is -0.487 e. The fourth-order valence-electron chi connectivity index (χ4n) is 1.65. The van der Waals surface area contributed by atoms with Crippen LogP contribution in [0, 0.1) is 5.41 Å². The summed E-state index contributed by atoms with van der Waals surface area (Å²) in [5.41, 5.74) is 6.97. The van der Waals surface area contributed by atoms with Crippen molar-refractivity contribution in [1.29, 1.82) is 5.41 Å². The number of nitrogens with two attached hydrogens (primary N) is 1. The van der Waals surface area contributed by atoms with Crippen LogP contribution in [0.3, 0.4) is 0 Å². The third-order valence-electron chi connectivity index (χ3n) is 2.72. The molecule has 19 heavy (non-hydrogen) atoms. The zero-order valence-electron chi connectivity index (χ0n) is 11.1. The zero-order valence-corrected chi connectivity index (χ0v) is 11.1. The van der Waals surface area contributed by atoms with Crippen molar-refractivity contribution in [2.45, 2.75) is 26.5 Å². The van der Waals surface area contributed by atoms with E-state index in [4.69, 9.17) is 15.9 Å². The molecule has 0 bridgehead atoms.